The molecule has 1 fully saturated rings. The molecule has 0 N–H and O–H groups in total. The van der Waals surface area contributed by atoms with Gasteiger partial charge in [-0.15, -0.1) is 11.8 Å². The third-order valence-corrected chi connectivity index (χ3v) is 5.10. The predicted octanol–water partition coefficient (Wildman–Crippen LogP) is 3.79. The zero-order valence-electron chi connectivity index (χ0n) is 12.3. The Balaban J connectivity index is 2.09. The fourth-order valence-corrected chi connectivity index (χ4v) is 4.05. The first-order valence-electron chi connectivity index (χ1n) is 7.23. The maximum atomic E-state index is 12.8. The van der Waals surface area contributed by atoms with Crippen LogP contribution in [0.1, 0.15) is 18.5 Å². The van der Waals surface area contributed by atoms with Crippen LogP contribution in [-0.4, -0.2) is 16.4 Å². The number of rotatable bonds is 4. The lowest BCUT2D eigenvalue weighted by molar-refractivity contribution is -0.125. The molecule has 22 heavy (non-hydrogen) atoms. The molecule has 0 bridgehead atoms. The van der Waals surface area contributed by atoms with E-state index >= 15 is 0 Å². The van der Waals surface area contributed by atoms with Gasteiger partial charge in [0.1, 0.15) is 0 Å². The minimum Gasteiger partial charge on any atom is -0.300 e. The molecule has 1 saturated heterocycles. The Morgan fingerprint density at radius 1 is 1.14 bits per heavy atom. The van der Waals surface area contributed by atoms with Gasteiger partial charge < -0.3 is 0 Å². The molecule has 0 aliphatic carbocycles. The van der Waals surface area contributed by atoms with Gasteiger partial charge in [0.2, 0.25) is 4.75 Å². The Morgan fingerprint density at radius 2 is 1.73 bits per heavy atom. The maximum absolute atomic E-state index is 12.8. The largest absolute Gasteiger partial charge is 0.300 e. The Hall–Kier alpha value is -2.25. The molecule has 2 aromatic rings. The van der Waals surface area contributed by atoms with Crippen molar-refractivity contribution in [3.63, 3.8) is 0 Å². The molecule has 0 spiro atoms. The molecule has 4 heteroatoms. The second-order valence-electron chi connectivity index (χ2n) is 5.10. The number of amides is 1. The zero-order valence-corrected chi connectivity index (χ0v) is 13.1. The quantitative estimate of drug-likeness (QED) is 0.807. The summed E-state index contributed by atoms with van der Waals surface area (Å²) in [5.74, 6) is 0.604. The Kier molecular flexibility index (Phi) is 3.91. The Labute approximate surface area is 134 Å². The monoisotopic (exact) mass is 308 g/mol. The van der Waals surface area contributed by atoms with Crippen molar-refractivity contribution in [2.24, 2.45) is 0 Å². The Morgan fingerprint density at radius 3 is 2.27 bits per heavy atom. The topological polar surface area (TPSA) is 44.1 Å². The third kappa shape index (κ3) is 2.10. The molecule has 110 valence electrons. The van der Waals surface area contributed by atoms with E-state index in [4.69, 9.17) is 0 Å². The molecular formula is C18H16N2OS. The third-order valence-electron chi connectivity index (χ3n) is 3.87. The fourth-order valence-electron chi connectivity index (χ4n) is 2.91. The number of anilines is 1. The lowest BCUT2D eigenvalue weighted by Gasteiger charge is -2.51. The minimum atomic E-state index is -1.02. The number of hydrogen-bond donors (Lipinski definition) is 0. The number of carbonyl (C=O) groups is 1. The molecule has 2 aromatic carbocycles. The van der Waals surface area contributed by atoms with E-state index in [0.717, 1.165) is 17.0 Å². The van der Waals surface area contributed by atoms with Gasteiger partial charge in [-0.2, -0.15) is 5.26 Å². The van der Waals surface area contributed by atoms with Crippen LogP contribution in [0.4, 0.5) is 5.69 Å². The minimum absolute atomic E-state index is 0.123. The first-order valence-corrected chi connectivity index (χ1v) is 8.22. The summed E-state index contributed by atoms with van der Waals surface area (Å²) in [5.41, 5.74) is 1.83. The highest BCUT2D eigenvalue weighted by Gasteiger charge is 2.62. The summed E-state index contributed by atoms with van der Waals surface area (Å²) in [6.07, 6.45) is 0. The Bertz CT molecular complexity index is 711. The smallest absolute Gasteiger partial charge is 0.260 e. The number of para-hydroxylation sites is 1. The van der Waals surface area contributed by atoms with Crippen LogP contribution >= 0.6 is 11.8 Å². The summed E-state index contributed by atoms with van der Waals surface area (Å²) >= 11 is 1.42. The summed E-state index contributed by atoms with van der Waals surface area (Å²) < 4.78 is -1.02. The van der Waals surface area contributed by atoms with Crippen molar-refractivity contribution in [2.45, 2.75) is 17.7 Å². The van der Waals surface area contributed by atoms with E-state index in [1.54, 1.807) is 4.90 Å². The normalized spacial score (nSPS) is 23.7. The van der Waals surface area contributed by atoms with Crippen LogP contribution in [0.5, 0.6) is 0 Å². The van der Waals surface area contributed by atoms with Crippen molar-refractivity contribution >= 4 is 23.4 Å². The molecular weight excluding hydrogens is 292 g/mol. The number of nitriles is 1. The van der Waals surface area contributed by atoms with E-state index in [2.05, 4.69) is 6.07 Å². The van der Waals surface area contributed by atoms with Gasteiger partial charge in [0.05, 0.1) is 12.1 Å². The first kappa shape index (κ1) is 14.7. The van der Waals surface area contributed by atoms with Crippen molar-refractivity contribution in [1.29, 1.82) is 5.26 Å². The van der Waals surface area contributed by atoms with Gasteiger partial charge in [-0.1, -0.05) is 55.5 Å². The second-order valence-corrected chi connectivity index (χ2v) is 6.61. The lowest BCUT2D eigenvalue weighted by atomic mass is 9.81. The van der Waals surface area contributed by atoms with E-state index in [1.165, 1.54) is 11.8 Å². The molecule has 1 heterocycles. The van der Waals surface area contributed by atoms with Gasteiger partial charge in [-0.25, -0.2) is 0 Å². The second kappa shape index (κ2) is 5.86. The van der Waals surface area contributed by atoms with Crippen molar-refractivity contribution < 1.29 is 4.79 Å². The van der Waals surface area contributed by atoms with Crippen LogP contribution in [0.15, 0.2) is 60.7 Å². The predicted molar refractivity (Wildman–Crippen MR) is 89.6 cm³/mol. The number of thioether (sulfide) groups is 1. The molecule has 1 aliphatic heterocycles. The van der Waals surface area contributed by atoms with Gasteiger partial charge in [0, 0.05) is 5.69 Å². The van der Waals surface area contributed by atoms with Crippen molar-refractivity contribution in [3.8, 4) is 6.07 Å². The average molecular weight is 308 g/mol. The zero-order chi connectivity index (χ0) is 15.6. The van der Waals surface area contributed by atoms with Crippen LogP contribution in [0, 0.1) is 11.3 Å². The van der Waals surface area contributed by atoms with E-state index in [9.17, 15) is 10.1 Å². The molecule has 2 atom stereocenters. The SMILES string of the molecule is CCS[C@]1(C#N)C(=O)N(c2ccccc2)[C@@H]1c1ccccc1. The van der Waals surface area contributed by atoms with Crippen molar-refractivity contribution in [1.82, 2.24) is 0 Å². The van der Waals surface area contributed by atoms with Crippen LogP contribution in [0.3, 0.4) is 0 Å². The van der Waals surface area contributed by atoms with E-state index in [0.29, 0.717) is 0 Å². The van der Waals surface area contributed by atoms with Gasteiger partial charge >= 0.3 is 0 Å². The van der Waals surface area contributed by atoms with E-state index in [1.807, 2.05) is 67.6 Å². The number of β-lactam (4-membered cyclic amide) rings is 1. The highest BCUT2D eigenvalue weighted by molar-refractivity contribution is 8.01. The molecule has 3 nitrogen and oxygen atoms in total. The molecule has 3 rings (SSSR count). The molecule has 1 aliphatic rings. The summed E-state index contributed by atoms with van der Waals surface area (Å²) in [5, 5.41) is 9.72. The fraction of sp³-hybridized carbons (Fsp3) is 0.222. The van der Waals surface area contributed by atoms with Crippen LogP contribution in [0.25, 0.3) is 0 Å². The van der Waals surface area contributed by atoms with Crippen LogP contribution < -0.4 is 4.90 Å². The summed E-state index contributed by atoms with van der Waals surface area (Å²) in [6.45, 7) is 1.98. The molecule has 0 unspecified atom stereocenters. The van der Waals surface area contributed by atoms with Gasteiger partial charge in [-0.3, -0.25) is 9.69 Å². The van der Waals surface area contributed by atoms with Gasteiger partial charge in [0.15, 0.2) is 0 Å². The number of hydrogen-bond acceptors (Lipinski definition) is 3. The summed E-state index contributed by atoms with van der Waals surface area (Å²) in [7, 11) is 0. The molecule has 0 aromatic heterocycles. The summed E-state index contributed by atoms with van der Waals surface area (Å²) in [4.78, 5) is 14.5. The highest BCUT2D eigenvalue weighted by atomic mass is 32.2. The van der Waals surface area contributed by atoms with Crippen LogP contribution in [-0.2, 0) is 4.79 Å². The summed E-state index contributed by atoms with van der Waals surface area (Å²) in [6, 6.07) is 21.4. The van der Waals surface area contributed by atoms with Gasteiger partial charge in [-0.05, 0) is 23.4 Å². The first-order chi connectivity index (χ1) is 10.7. The molecule has 0 radical (unpaired) electrons. The highest BCUT2D eigenvalue weighted by Crippen LogP contribution is 2.53. The van der Waals surface area contributed by atoms with Crippen molar-refractivity contribution in [3.05, 3.63) is 66.2 Å². The molecule has 1 amide bonds. The number of nitrogens with zero attached hydrogens (tertiary/aromatic N) is 2. The number of benzene rings is 2. The molecule has 0 saturated carbocycles. The van der Waals surface area contributed by atoms with E-state index in [-0.39, 0.29) is 11.9 Å². The van der Waals surface area contributed by atoms with Gasteiger partial charge in [0.25, 0.3) is 5.91 Å². The van der Waals surface area contributed by atoms with E-state index < -0.39 is 4.75 Å². The number of carbonyl (C=O) groups excluding carboxylic acids is 1. The standard InChI is InChI=1S/C18H16N2OS/c1-2-22-18(13-19)16(14-9-5-3-6-10-14)20(17(18)21)15-11-7-4-8-12-15/h3-12,16H,2H2,1H3/t16-,18+/m1/s1. The average Bonchev–Trinajstić information content (AvgIpc) is 2.58. The van der Waals surface area contributed by atoms with Crippen LogP contribution in [0.2, 0.25) is 0 Å². The lowest BCUT2D eigenvalue weighted by Crippen LogP contribution is -2.66. The van der Waals surface area contributed by atoms with Crippen molar-refractivity contribution in [2.75, 3.05) is 10.7 Å². The maximum Gasteiger partial charge on any atom is 0.260 e.